The van der Waals surface area contributed by atoms with Crippen molar-refractivity contribution >= 4 is 16.9 Å². The number of ether oxygens (including phenoxy) is 1. The van der Waals surface area contributed by atoms with Crippen molar-refractivity contribution in [2.24, 2.45) is 0 Å². The summed E-state index contributed by atoms with van der Waals surface area (Å²) in [4.78, 5) is 41.6. The SMILES string of the molecule is CC[C@@]1(O)C(=O)OCc2c1cc1n(c2=O)Cc2c-1c(=O)c1cc(F)cc3c1n2CC[C@@H]3N(C)C. The third-order valence-electron chi connectivity index (χ3n) is 7.68. The van der Waals surface area contributed by atoms with Gasteiger partial charge in [0.2, 0.25) is 0 Å². The van der Waals surface area contributed by atoms with Crippen LogP contribution in [0.5, 0.6) is 0 Å². The molecular formula is C25H24FN3O5. The number of esters is 1. The first-order valence-electron chi connectivity index (χ1n) is 11.4. The van der Waals surface area contributed by atoms with Crippen molar-refractivity contribution < 1.29 is 19.0 Å². The summed E-state index contributed by atoms with van der Waals surface area (Å²) in [7, 11) is 3.86. The van der Waals surface area contributed by atoms with Gasteiger partial charge in [-0.1, -0.05) is 6.92 Å². The van der Waals surface area contributed by atoms with E-state index in [1.54, 1.807) is 13.0 Å². The molecule has 2 atom stereocenters. The Hall–Kier alpha value is -3.30. The minimum absolute atomic E-state index is 0.0248. The molecule has 1 aromatic carbocycles. The Morgan fingerprint density at radius 2 is 1.97 bits per heavy atom. The summed E-state index contributed by atoms with van der Waals surface area (Å²) in [6, 6.07) is 4.29. The molecule has 0 radical (unpaired) electrons. The number of carbonyl (C=O) groups excluding carboxylic acids is 1. The molecule has 5 heterocycles. The summed E-state index contributed by atoms with van der Waals surface area (Å²) in [5, 5.41) is 11.3. The molecule has 0 amide bonds. The van der Waals surface area contributed by atoms with Gasteiger partial charge in [0.15, 0.2) is 11.0 Å². The second-order valence-corrected chi connectivity index (χ2v) is 9.56. The van der Waals surface area contributed by atoms with Gasteiger partial charge in [0.1, 0.15) is 12.4 Å². The monoisotopic (exact) mass is 465 g/mol. The van der Waals surface area contributed by atoms with Gasteiger partial charge in [-0.05, 0) is 50.7 Å². The lowest BCUT2D eigenvalue weighted by Gasteiger charge is -2.33. The maximum absolute atomic E-state index is 14.7. The first-order valence-corrected chi connectivity index (χ1v) is 11.4. The molecule has 34 heavy (non-hydrogen) atoms. The molecule has 0 spiro atoms. The second-order valence-electron chi connectivity index (χ2n) is 9.56. The van der Waals surface area contributed by atoms with Crippen LogP contribution in [0.4, 0.5) is 4.39 Å². The van der Waals surface area contributed by atoms with Gasteiger partial charge in [-0.2, -0.15) is 0 Å². The normalized spacial score (nSPS) is 22.5. The largest absolute Gasteiger partial charge is 0.458 e. The zero-order valence-corrected chi connectivity index (χ0v) is 19.1. The number of aryl methyl sites for hydroxylation is 1. The maximum Gasteiger partial charge on any atom is 0.343 e. The van der Waals surface area contributed by atoms with Gasteiger partial charge < -0.3 is 23.9 Å². The van der Waals surface area contributed by atoms with E-state index in [-0.39, 0.29) is 47.6 Å². The van der Waals surface area contributed by atoms with Crippen molar-refractivity contribution in [1.82, 2.24) is 14.0 Å². The topological polar surface area (TPSA) is 93.8 Å². The molecular weight excluding hydrogens is 441 g/mol. The Balaban J connectivity index is 1.70. The summed E-state index contributed by atoms with van der Waals surface area (Å²) < 4.78 is 23.3. The number of aromatic nitrogens is 2. The Morgan fingerprint density at radius 1 is 1.21 bits per heavy atom. The van der Waals surface area contributed by atoms with Crippen LogP contribution in [-0.4, -0.2) is 39.2 Å². The number of hydrogen-bond donors (Lipinski definition) is 1. The van der Waals surface area contributed by atoms with Crippen LogP contribution < -0.4 is 11.0 Å². The van der Waals surface area contributed by atoms with Crippen LogP contribution in [-0.2, 0) is 34.8 Å². The van der Waals surface area contributed by atoms with Crippen LogP contribution in [0, 0.1) is 5.82 Å². The van der Waals surface area contributed by atoms with Gasteiger partial charge in [-0.15, -0.1) is 0 Å². The molecule has 0 aliphatic carbocycles. The average molecular weight is 465 g/mol. The van der Waals surface area contributed by atoms with Gasteiger partial charge in [0, 0.05) is 23.5 Å². The second kappa shape index (κ2) is 6.86. The summed E-state index contributed by atoms with van der Waals surface area (Å²) in [6.07, 6.45) is 0.755. The zero-order valence-electron chi connectivity index (χ0n) is 19.1. The van der Waals surface area contributed by atoms with Crippen molar-refractivity contribution in [3.8, 4) is 11.3 Å². The molecule has 8 nitrogen and oxygen atoms in total. The zero-order chi connectivity index (χ0) is 24.1. The quantitative estimate of drug-likeness (QED) is 0.455. The average Bonchev–Trinajstić information content (AvgIpc) is 3.19. The summed E-state index contributed by atoms with van der Waals surface area (Å²) >= 11 is 0. The third-order valence-corrected chi connectivity index (χ3v) is 7.68. The minimum atomic E-state index is -1.95. The van der Waals surface area contributed by atoms with Gasteiger partial charge in [0.25, 0.3) is 5.56 Å². The van der Waals surface area contributed by atoms with Crippen molar-refractivity contribution in [3.63, 3.8) is 0 Å². The Morgan fingerprint density at radius 3 is 2.68 bits per heavy atom. The van der Waals surface area contributed by atoms with Crippen molar-refractivity contribution in [3.05, 3.63) is 67.0 Å². The smallest absolute Gasteiger partial charge is 0.343 e. The lowest BCUT2D eigenvalue weighted by molar-refractivity contribution is -0.172. The number of benzene rings is 1. The molecule has 0 bridgehead atoms. The molecule has 6 rings (SSSR count). The van der Waals surface area contributed by atoms with Gasteiger partial charge in [0.05, 0.1) is 34.6 Å². The van der Waals surface area contributed by atoms with Crippen LogP contribution >= 0.6 is 0 Å². The molecule has 2 aromatic heterocycles. The number of nitrogens with zero attached hydrogens (tertiary/aromatic N) is 3. The number of fused-ring (bicyclic) bond motifs is 5. The van der Waals surface area contributed by atoms with Crippen molar-refractivity contribution in [2.45, 2.75) is 51.1 Å². The number of aliphatic hydroxyl groups is 1. The molecule has 1 N–H and O–H groups in total. The fourth-order valence-corrected chi connectivity index (χ4v) is 5.92. The van der Waals surface area contributed by atoms with Crippen LogP contribution in [0.2, 0.25) is 0 Å². The number of rotatable bonds is 2. The Labute approximate surface area is 193 Å². The lowest BCUT2D eigenvalue weighted by atomic mass is 9.85. The summed E-state index contributed by atoms with van der Waals surface area (Å²) in [5.74, 6) is -1.29. The Kier molecular flexibility index (Phi) is 4.29. The standard InChI is InChI=1S/C25H24FN3O5/c1-4-25(33)16-9-18-20-19(10-29(18)23(31)15(16)11-34-24(25)32)28-6-5-17(27(2)3)13-7-12(26)8-14(21(13)28)22(20)30/h7-9,17,33H,4-6,10-11H2,1-3H3/t17-,25-/m0/s1. The van der Waals surface area contributed by atoms with E-state index in [1.165, 1.54) is 16.7 Å². The predicted molar refractivity (Wildman–Crippen MR) is 122 cm³/mol. The van der Waals surface area contributed by atoms with E-state index >= 15 is 0 Å². The fraction of sp³-hybridized carbons (Fsp3) is 0.400. The Bertz CT molecular complexity index is 1550. The molecule has 9 heteroatoms. The van der Waals surface area contributed by atoms with E-state index in [4.69, 9.17) is 4.74 Å². The van der Waals surface area contributed by atoms with Crippen LogP contribution in [0.3, 0.4) is 0 Å². The summed E-state index contributed by atoms with van der Waals surface area (Å²) in [5.41, 5.74) is 0.507. The highest BCUT2D eigenvalue weighted by Gasteiger charge is 2.45. The highest BCUT2D eigenvalue weighted by atomic mass is 19.1. The third kappa shape index (κ3) is 2.51. The molecule has 0 saturated heterocycles. The molecule has 3 aromatic rings. The molecule has 176 valence electrons. The van der Waals surface area contributed by atoms with Crippen LogP contribution in [0.1, 0.15) is 48.2 Å². The minimum Gasteiger partial charge on any atom is -0.458 e. The van der Waals surface area contributed by atoms with Gasteiger partial charge in [-0.25, -0.2) is 9.18 Å². The fourth-order valence-electron chi connectivity index (χ4n) is 5.92. The predicted octanol–water partition coefficient (Wildman–Crippen LogP) is 1.99. The molecule has 3 aliphatic rings. The van der Waals surface area contributed by atoms with Gasteiger partial charge >= 0.3 is 5.97 Å². The molecule has 3 aliphatic heterocycles. The highest BCUT2D eigenvalue weighted by Crippen LogP contribution is 2.41. The van der Waals surface area contributed by atoms with Crippen molar-refractivity contribution in [2.75, 3.05) is 14.1 Å². The first kappa shape index (κ1) is 21.2. The van der Waals surface area contributed by atoms with Gasteiger partial charge in [-0.3, -0.25) is 9.59 Å². The van der Waals surface area contributed by atoms with E-state index in [1.807, 2.05) is 23.6 Å². The number of hydrogen-bond acceptors (Lipinski definition) is 6. The number of carbonyl (C=O) groups is 1. The first-order chi connectivity index (χ1) is 16.2. The van der Waals surface area contributed by atoms with Crippen molar-refractivity contribution in [1.29, 1.82) is 0 Å². The number of halogens is 1. The van der Waals surface area contributed by atoms with E-state index in [9.17, 15) is 23.9 Å². The molecule has 0 fully saturated rings. The lowest BCUT2D eigenvalue weighted by Crippen LogP contribution is -2.44. The maximum atomic E-state index is 14.7. The van der Waals surface area contributed by atoms with E-state index in [2.05, 4.69) is 0 Å². The molecule has 0 saturated carbocycles. The van der Waals surface area contributed by atoms with Crippen LogP contribution in [0.25, 0.3) is 22.2 Å². The van der Waals surface area contributed by atoms with E-state index < -0.39 is 22.9 Å². The van der Waals surface area contributed by atoms with E-state index in [0.29, 0.717) is 29.0 Å². The van der Waals surface area contributed by atoms with E-state index in [0.717, 1.165) is 12.0 Å². The summed E-state index contributed by atoms with van der Waals surface area (Å²) in [6.45, 7) is 2.21. The number of pyridine rings is 2. The number of cyclic esters (lactones) is 1. The molecule has 0 unspecified atom stereocenters. The van der Waals surface area contributed by atoms with Crippen LogP contribution in [0.15, 0.2) is 27.8 Å². The highest BCUT2D eigenvalue weighted by molar-refractivity contribution is 5.90.